The minimum Gasteiger partial charge on any atom is -0.326 e. The van der Waals surface area contributed by atoms with Crippen LogP contribution < -0.4 is 5.73 Å². The molecule has 0 aliphatic carbocycles. The van der Waals surface area contributed by atoms with Crippen LogP contribution in [-0.2, 0) is 19.4 Å². The summed E-state index contributed by atoms with van der Waals surface area (Å²) in [5.41, 5.74) is 10.1. The van der Waals surface area contributed by atoms with Crippen molar-refractivity contribution < 1.29 is 0 Å². The fourth-order valence-electron chi connectivity index (χ4n) is 2.03. The number of nitrogens with two attached hydrogens (primary N) is 1. The summed E-state index contributed by atoms with van der Waals surface area (Å²) in [6.45, 7) is 4.70. The first-order valence-corrected chi connectivity index (χ1v) is 6.64. The molecule has 1 aromatic heterocycles. The fraction of sp³-hybridized carbons (Fsp3) is 0.357. The van der Waals surface area contributed by atoms with E-state index in [2.05, 4.69) is 25.0 Å². The Balaban J connectivity index is 2.56. The molecule has 0 fully saturated rings. The third-order valence-electron chi connectivity index (χ3n) is 3.05. The molecule has 0 spiro atoms. The summed E-state index contributed by atoms with van der Waals surface area (Å²) in [7, 11) is 0. The van der Waals surface area contributed by atoms with E-state index in [1.807, 2.05) is 22.9 Å². The Morgan fingerprint density at radius 1 is 1.22 bits per heavy atom. The Labute approximate surface area is 113 Å². The van der Waals surface area contributed by atoms with Crippen LogP contribution in [0.5, 0.6) is 0 Å². The molecule has 4 heteroatoms. The second kappa shape index (κ2) is 5.55. The molecule has 0 saturated carbocycles. The normalized spacial score (nSPS) is 10.9. The van der Waals surface area contributed by atoms with Gasteiger partial charge in [-0.3, -0.25) is 0 Å². The third-order valence-corrected chi connectivity index (χ3v) is 3.28. The lowest BCUT2D eigenvalue weighted by atomic mass is 10.1. The standard InChI is InChI=1S/C14H18ClN3/c1-3-12-8-13(4-2)18(17-12)14-6-5-11(15)7-10(14)9-16/h5-8H,3-4,9,16H2,1-2H3. The first kappa shape index (κ1) is 13.1. The Kier molecular flexibility index (Phi) is 4.04. The zero-order valence-corrected chi connectivity index (χ0v) is 11.5. The number of aryl methyl sites for hydroxylation is 2. The van der Waals surface area contributed by atoms with Gasteiger partial charge in [-0.05, 0) is 42.7 Å². The van der Waals surface area contributed by atoms with E-state index in [-0.39, 0.29) is 0 Å². The molecule has 18 heavy (non-hydrogen) atoms. The summed E-state index contributed by atoms with van der Waals surface area (Å²) in [6, 6.07) is 7.91. The molecule has 0 aliphatic rings. The van der Waals surface area contributed by atoms with E-state index >= 15 is 0 Å². The zero-order valence-electron chi connectivity index (χ0n) is 10.8. The molecule has 1 aromatic carbocycles. The van der Waals surface area contributed by atoms with Gasteiger partial charge in [0.05, 0.1) is 11.4 Å². The van der Waals surface area contributed by atoms with Gasteiger partial charge in [-0.15, -0.1) is 0 Å². The monoisotopic (exact) mass is 263 g/mol. The highest BCUT2D eigenvalue weighted by Gasteiger charge is 2.10. The van der Waals surface area contributed by atoms with Gasteiger partial charge in [0.15, 0.2) is 0 Å². The van der Waals surface area contributed by atoms with Crippen LogP contribution in [0.15, 0.2) is 24.3 Å². The van der Waals surface area contributed by atoms with Gasteiger partial charge in [0.2, 0.25) is 0 Å². The van der Waals surface area contributed by atoms with Crippen molar-refractivity contribution in [3.63, 3.8) is 0 Å². The molecule has 0 saturated heterocycles. The molecule has 3 nitrogen and oxygen atoms in total. The van der Waals surface area contributed by atoms with Gasteiger partial charge in [-0.25, -0.2) is 4.68 Å². The number of hydrogen-bond donors (Lipinski definition) is 1. The highest BCUT2D eigenvalue weighted by Crippen LogP contribution is 2.21. The van der Waals surface area contributed by atoms with Crippen LogP contribution >= 0.6 is 11.6 Å². The number of rotatable bonds is 4. The predicted octanol–water partition coefficient (Wildman–Crippen LogP) is 3.11. The molecule has 2 aromatic rings. The molecular weight excluding hydrogens is 246 g/mol. The molecular formula is C14H18ClN3. The summed E-state index contributed by atoms with van der Waals surface area (Å²) in [5.74, 6) is 0. The van der Waals surface area contributed by atoms with Gasteiger partial charge >= 0.3 is 0 Å². The maximum Gasteiger partial charge on any atom is 0.0694 e. The average Bonchev–Trinajstić information content (AvgIpc) is 2.81. The first-order chi connectivity index (χ1) is 8.69. The van der Waals surface area contributed by atoms with Gasteiger partial charge in [0.1, 0.15) is 0 Å². The minimum absolute atomic E-state index is 0.459. The van der Waals surface area contributed by atoms with Gasteiger partial charge in [-0.2, -0.15) is 5.10 Å². The molecule has 2 N–H and O–H groups in total. The highest BCUT2D eigenvalue weighted by atomic mass is 35.5. The van der Waals surface area contributed by atoms with Crippen molar-refractivity contribution in [3.05, 3.63) is 46.2 Å². The highest BCUT2D eigenvalue weighted by molar-refractivity contribution is 6.30. The Bertz CT molecular complexity index is 546. The van der Waals surface area contributed by atoms with Crippen LogP contribution in [0, 0.1) is 0 Å². The molecule has 1 heterocycles. The number of halogens is 1. The van der Waals surface area contributed by atoms with Crippen molar-refractivity contribution in [3.8, 4) is 5.69 Å². The van der Waals surface area contributed by atoms with Crippen LogP contribution in [0.4, 0.5) is 0 Å². The van der Waals surface area contributed by atoms with Crippen LogP contribution in [0.25, 0.3) is 5.69 Å². The van der Waals surface area contributed by atoms with E-state index in [0.29, 0.717) is 11.6 Å². The molecule has 0 amide bonds. The van der Waals surface area contributed by atoms with E-state index < -0.39 is 0 Å². The smallest absolute Gasteiger partial charge is 0.0694 e. The molecule has 0 aliphatic heterocycles. The van der Waals surface area contributed by atoms with Crippen molar-refractivity contribution >= 4 is 11.6 Å². The van der Waals surface area contributed by atoms with E-state index in [1.165, 1.54) is 5.69 Å². The summed E-state index contributed by atoms with van der Waals surface area (Å²) in [5, 5.41) is 5.33. The van der Waals surface area contributed by atoms with Gasteiger partial charge in [-0.1, -0.05) is 25.4 Å². The summed E-state index contributed by atoms with van der Waals surface area (Å²) in [6.07, 6.45) is 1.88. The molecule has 0 radical (unpaired) electrons. The molecule has 0 unspecified atom stereocenters. The van der Waals surface area contributed by atoms with Crippen LogP contribution in [0.1, 0.15) is 30.8 Å². The minimum atomic E-state index is 0.459. The lowest BCUT2D eigenvalue weighted by molar-refractivity contribution is 0.783. The Morgan fingerprint density at radius 2 is 2.00 bits per heavy atom. The fourth-order valence-corrected chi connectivity index (χ4v) is 2.23. The van der Waals surface area contributed by atoms with Crippen molar-refractivity contribution in [2.75, 3.05) is 0 Å². The predicted molar refractivity (Wildman–Crippen MR) is 75.2 cm³/mol. The number of nitrogens with zero attached hydrogens (tertiary/aromatic N) is 2. The van der Waals surface area contributed by atoms with Crippen LogP contribution in [0.3, 0.4) is 0 Å². The van der Waals surface area contributed by atoms with Gasteiger partial charge < -0.3 is 5.73 Å². The second-order valence-electron chi connectivity index (χ2n) is 4.22. The lowest BCUT2D eigenvalue weighted by Gasteiger charge is -2.11. The first-order valence-electron chi connectivity index (χ1n) is 6.26. The van der Waals surface area contributed by atoms with Gasteiger partial charge in [0, 0.05) is 17.3 Å². The number of benzene rings is 1. The Hall–Kier alpha value is -1.32. The maximum absolute atomic E-state index is 6.00. The lowest BCUT2D eigenvalue weighted by Crippen LogP contribution is -2.08. The Morgan fingerprint density at radius 3 is 2.61 bits per heavy atom. The third kappa shape index (κ3) is 2.42. The molecule has 2 rings (SSSR count). The van der Waals surface area contributed by atoms with Crippen molar-refractivity contribution in [2.45, 2.75) is 33.2 Å². The summed E-state index contributed by atoms with van der Waals surface area (Å²) < 4.78 is 1.98. The second-order valence-corrected chi connectivity index (χ2v) is 4.66. The van der Waals surface area contributed by atoms with E-state index in [1.54, 1.807) is 0 Å². The SMILES string of the molecule is CCc1cc(CC)n(-c2ccc(Cl)cc2CN)n1. The van der Waals surface area contributed by atoms with Crippen molar-refractivity contribution in [1.29, 1.82) is 0 Å². The topological polar surface area (TPSA) is 43.8 Å². The molecule has 0 bridgehead atoms. The molecule has 0 atom stereocenters. The summed E-state index contributed by atoms with van der Waals surface area (Å²) in [4.78, 5) is 0. The molecule has 96 valence electrons. The largest absolute Gasteiger partial charge is 0.326 e. The zero-order chi connectivity index (χ0) is 13.1. The average molecular weight is 264 g/mol. The van der Waals surface area contributed by atoms with Crippen LogP contribution in [-0.4, -0.2) is 9.78 Å². The van der Waals surface area contributed by atoms with E-state index in [0.717, 1.165) is 29.8 Å². The summed E-state index contributed by atoms with van der Waals surface area (Å²) >= 11 is 6.00. The number of hydrogen-bond acceptors (Lipinski definition) is 2. The van der Waals surface area contributed by atoms with Crippen LogP contribution in [0.2, 0.25) is 5.02 Å². The van der Waals surface area contributed by atoms with Crippen molar-refractivity contribution in [1.82, 2.24) is 9.78 Å². The quantitative estimate of drug-likeness (QED) is 0.921. The van der Waals surface area contributed by atoms with E-state index in [9.17, 15) is 0 Å². The van der Waals surface area contributed by atoms with Gasteiger partial charge in [0.25, 0.3) is 0 Å². The van der Waals surface area contributed by atoms with Crippen molar-refractivity contribution in [2.24, 2.45) is 5.73 Å². The number of aromatic nitrogens is 2. The maximum atomic E-state index is 6.00. The van der Waals surface area contributed by atoms with E-state index in [4.69, 9.17) is 17.3 Å².